The second-order valence-corrected chi connectivity index (χ2v) is 7.63. The maximum atomic E-state index is 12.1. The predicted octanol–water partition coefficient (Wildman–Crippen LogP) is 2.95. The van der Waals surface area contributed by atoms with Gasteiger partial charge in [0.05, 0.1) is 23.8 Å². The molecule has 0 unspecified atom stereocenters. The molecule has 1 saturated heterocycles. The van der Waals surface area contributed by atoms with Crippen LogP contribution in [-0.4, -0.2) is 46.3 Å². The molecule has 3 rings (SSSR count). The minimum Gasteiger partial charge on any atom is -0.493 e. The van der Waals surface area contributed by atoms with Crippen molar-refractivity contribution in [3.63, 3.8) is 0 Å². The number of aromatic nitrogens is 2. The number of amides is 1. The number of piperidine rings is 1. The number of hydrogen-bond donors (Lipinski definition) is 1. The monoisotopic (exact) mass is 359 g/mol. The fourth-order valence-corrected chi connectivity index (χ4v) is 2.96. The Morgan fingerprint density at radius 2 is 2.04 bits per heavy atom. The molecule has 7 nitrogen and oxygen atoms in total. The van der Waals surface area contributed by atoms with E-state index in [2.05, 4.69) is 9.97 Å². The number of fused-ring (bicyclic) bond motifs is 1. The fraction of sp³-hybridized carbons (Fsp3) is 0.526. The van der Waals surface area contributed by atoms with Crippen molar-refractivity contribution in [1.82, 2.24) is 14.9 Å². The molecule has 1 N–H and O–H groups in total. The number of H-pyrrole nitrogens is 1. The first-order valence-electron chi connectivity index (χ1n) is 8.90. The molecule has 0 spiro atoms. The summed E-state index contributed by atoms with van der Waals surface area (Å²) in [6.07, 6.45) is 2.90. The van der Waals surface area contributed by atoms with E-state index < -0.39 is 5.60 Å². The topological polar surface area (TPSA) is 84.5 Å². The summed E-state index contributed by atoms with van der Waals surface area (Å²) < 4.78 is 11.3. The summed E-state index contributed by atoms with van der Waals surface area (Å²) in [5.41, 5.74) is -0.00913. The van der Waals surface area contributed by atoms with E-state index in [9.17, 15) is 9.59 Å². The van der Waals surface area contributed by atoms with E-state index in [1.165, 1.54) is 6.33 Å². The molecular weight excluding hydrogens is 334 g/mol. The summed E-state index contributed by atoms with van der Waals surface area (Å²) >= 11 is 0. The molecule has 2 heterocycles. The van der Waals surface area contributed by atoms with Crippen LogP contribution in [0.2, 0.25) is 0 Å². The second kappa shape index (κ2) is 7.35. The summed E-state index contributed by atoms with van der Waals surface area (Å²) in [6.45, 7) is 7.55. The highest BCUT2D eigenvalue weighted by Crippen LogP contribution is 2.22. The maximum Gasteiger partial charge on any atom is 0.410 e. The average Bonchev–Trinajstić information content (AvgIpc) is 2.59. The molecule has 0 radical (unpaired) electrons. The van der Waals surface area contributed by atoms with Crippen LogP contribution in [0.3, 0.4) is 0 Å². The zero-order valence-corrected chi connectivity index (χ0v) is 15.4. The zero-order valence-electron chi connectivity index (χ0n) is 15.4. The van der Waals surface area contributed by atoms with Crippen LogP contribution in [0.1, 0.15) is 33.6 Å². The van der Waals surface area contributed by atoms with Crippen LogP contribution < -0.4 is 10.3 Å². The Morgan fingerprint density at radius 3 is 2.73 bits per heavy atom. The predicted molar refractivity (Wildman–Crippen MR) is 98.4 cm³/mol. The molecule has 0 aliphatic carbocycles. The van der Waals surface area contributed by atoms with Crippen LogP contribution in [0.5, 0.6) is 5.75 Å². The lowest BCUT2D eigenvalue weighted by molar-refractivity contribution is 0.0165. The van der Waals surface area contributed by atoms with E-state index in [0.717, 1.165) is 12.8 Å². The number of rotatable bonds is 3. The van der Waals surface area contributed by atoms with Gasteiger partial charge in [0, 0.05) is 19.2 Å². The SMILES string of the molecule is CC(C)(C)OC(=O)N1CCC(COc2ccc3c(=O)[nH]cnc3c2)CC1. The van der Waals surface area contributed by atoms with Crippen LogP contribution >= 0.6 is 0 Å². The van der Waals surface area contributed by atoms with Gasteiger partial charge in [-0.15, -0.1) is 0 Å². The minimum atomic E-state index is -0.469. The van der Waals surface area contributed by atoms with E-state index in [1.807, 2.05) is 20.8 Å². The number of ether oxygens (including phenoxy) is 2. The van der Waals surface area contributed by atoms with Gasteiger partial charge >= 0.3 is 6.09 Å². The molecule has 140 valence electrons. The summed E-state index contributed by atoms with van der Waals surface area (Å²) in [7, 11) is 0. The standard InChI is InChI=1S/C19H25N3O4/c1-19(2,3)26-18(24)22-8-6-13(7-9-22)11-25-14-4-5-15-16(10-14)20-12-21-17(15)23/h4-5,10,12-13H,6-9,11H2,1-3H3,(H,20,21,23). The van der Waals surface area contributed by atoms with Gasteiger partial charge in [0.1, 0.15) is 11.4 Å². The molecule has 1 amide bonds. The average molecular weight is 359 g/mol. The number of benzene rings is 1. The summed E-state index contributed by atoms with van der Waals surface area (Å²) in [6, 6.07) is 5.29. The van der Waals surface area contributed by atoms with E-state index >= 15 is 0 Å². The molecular formula is C19H25N3O4. The number of aromatic amines is 1. The van der Waals surface area contributed by atoms with Crippen molar-refractivity contribution >= 4 is 17.0 Å². The summed E-state index contributed by atoms with van der Waals surface area (Å²) in [4.78, 5) is 32.3. The quantitative estimate of drug-likeness (QED) is 0.911. The van der Waals surface area contributed by atoms with E-state index in [1.54, 1.807) is 23.1 Å². The van der Waals surface area contributed by atoms with Crippen molar-refractivity contribution in [2.45, 2.75) is 39.2 Å². The van der Waals surface area contributed by atoms with Gasteiger partial charge in [-0.25, -0.2) is 9.78 Å². The molecule has 1 fully saturated rings. The van der Waals surface area contributed by atoms with E-state index in [4.69, 9.17) is 9.47 Å². The van der Waals surface area contributed by atoms with Crippen molar-refractivity contribution in [1.29, 1.82) is 0 Å². The molecule has 0 atom stereocenters. The second-order valence-electron chi connectivity index (χ2n) is 7.63. The number of carbonyl (C=O) groups is 1. The Bertz CT molecular complexity index is 833. The summed E-state index contributed by atoms with van der Waals surface area (Å²) in [5.74, 6) is 1.08. The van der Waals surface area contributed by atoms with Crippen LogP contribution in [-0.2, 0) is 4.74 Å². The van der Waals surface area contributed by atoms with Gasteiger partial charge in [-0.2, -0.15) is 0 Å². The molecule has 1 aliphatic rings. The number of likely N-dealkylation sites (tertiary alicyclic amines) is 1. The largest absolute Gasteiger partial charge is 0.493 e. The highest BCUT2D eigenvalue weighted by Gasteiger charge is 2.27. The number of nitrogens with zero attached hydrogens (tertiary/aromatic N) is 2. The molecule has 1 aromatic heterocycles. The van der Waals surface area contributed by atoms with Gasteiger partial charge in [-0.3, -0.25) is 4.79 Å². The van der Waals surface area contributed by atoms with Gasteiger partial charge < -0.3 is 19.4 Å². The van der Waals surface area contributed by atoms with Crippen molar-refractivity contribution in [3.05, 3.63) is 34.9 Å². The van der Waals surface area contributed by atoms with Gasteiger partial charge in [0.25, 0.3) is 5.56 Å². The third-order valence-corrected chi connectivity index (χ3v) is 4.37. The molecule has 0 bridgehead atoms. The van der Waals surface area contributed by atoms with Gasteiger partial charge in [-0.1, -0.05) is 0 Å². The van der Waals surface area contributed by atoms with Crippen molar-refractivity contribution < 1.29 is 14.3 Å². The molecule has 0 saturated carbocycles. The van der Waals surface area contributed by atoms with Crippen LogP contribution in [0.4, 0.5) is 4.79 Å². The molecule has 1 aliphatic heterocycles. The minimum absolute atomic E-state index is 0.156. The smallest absolute Gasteiger partial charge is 0.410 e. The van der Waals surface area contributed by atoms with Gasteiger partial charge in [0.15, 0.2) is 0 Å². The Kier molecular flexibility index (Phi) is 5.15. The third-order valence-electron chi connectivity index (χ3n) is 4.37. The Hall–Kier alpha value is -2.57. The number of hydrogen-bond acceptors (Lipinski definition) is 5. The zero-order chi connectivity index (χ0) is 18.7. The first kappa shape index (κ1) is 18.2. The van der Waals surface area contributed by atoms with E-state index in [0.29, 0.717) is 42.3 Å². The van der Waals surface area contributed by atoms with Crippen molar-refractivity contribution in [3.8, 4) is 5.75 Å². The normalized spacial score (nSPS) is 15.9. The highest BCUT2D eigenvalue weighted by atomic mass is 16.6. The fourth-order valence-electron chi connectivity index (χ4n) is 2.96. The van der Waals surface area contributed by atoms with Crippen LogP contribution in [0.25, 0.3) is 10.9 Å². The van der Waals surface area contributed by atoms with Crippen molar-refractivity contribution in [2.24, 2.45) is 5.92 Å². The molecule has 2 aromatic rings. The van der Waals surface area contributed by atoms with Gasteiger partial charge in [0.2, 0.25) is 0 Å². The number of carbonyl (C=O) groups excluding carboxylic acids is 1. The Balaban J connectivity index is 1.51. The molecule has 1 aromatic carbocycles. The van der Waals surface area contributed by atoms with Crippen LogP contribution in [0, 0.1) is 5.92 Å². The Morgan fingerprint density at radius 1 is 1.31 bits per heavy atom. The van der Waals surface area contributed by atoms with Crippen molar-refractivity contribution in [2.75, 3.05) is 19.7 Å². The first-order valence-corrected chi connectivity index (χ1v) is 8.90. The highest BCUT2D eigenvalue weighted by molar-refractivity contribution is 5.78. The lowest BCUT2D eigenvalue weighted by atomic mass is 9.98. The van der Waals surface area contributed by atoms with Gasteiger partial charge in [-0.05, 0) is 51.7 Å². The lowest BCUT2D eigenvalue weighted by Crippen LogP contribution is -2.42. The lowest BCUT2D eigenvalue weighted by Gasteiger charge is -2.33. The molecule has 7 heteroatoms. The maximum absolute atomic E-state index is 12.1. The van der Waals surface area contributed by atoms with Crippen LogP contribution in [0.15, 0.2) is 29.3 Å². The Labute approximate surface area is 152 Å². The molecule has 26 heavy (non-hydrogen) atoms. The van der Waals surface area contributed by atoms with E-state index in [-0.39, 0.29) is 11.7 Å². The first-order chi connectivity index (χ1) is 12.3. The third kappa shape index (κ3) is 4.53. The number of nitrogens with one attached hydrogen (secondary N) is 1. The summed E-state index contributed by atoms with van der Waals surface area (Å²) in [5, 5.41) is 0.547.